The van der Waals surface area contributed by atoms with Crippen molar-refractivity contribution in [2.75, 3.05) is 6.61 Å². The second-order valence-electron chi connectivity index (χ2n) is 4.19. The van der Waals surface area contributed by atoms with Gasteiger partial charge >= 0.3 is 18.3 Å². The van der Waals surface area contributed by atoms with Crippen molar-refractivity contribution in [2.45, 2.75) is 24.8 Å². The molecule has 2 N–H and O–H groups in total. The van der Waals surface area contributed by atoms with Crippen LogP contribution in [0, 0.1) is 0 Å². The lowest BCUT2D eigenvalue weighted by Gasteiger charge is -2.16. The monoisotopic (exact) mass is 351 g/mol. The second kappa shape index (κ2) is 7.68. The van der Waals surface area contributed by atoms with Gasteiger partial charge in [0, 0.05) is 0 Å². The predicted molar refractivity (Wildman–Crippen MR) is 67.4 cm³/mol. The van der Waals surface area contributed by atoms with Gasteiger partial charge in [-0.15, -0.1) is 12.4 Å². The van der Waals surface area contributed by atoms with Gasteiger partial charge in [-0.1, -0.05) is 18.2 Å². The minimum absolute atomic E-state index is 0. The molecule has 126 valence electrons. The quantitative estimate of drug-likeness (QED) is 0.670. The van der Waals surface area contributed by atoms with Crippen LogP contribution in [0.3, 0.4) is 0 Å². The van der Waals surface area contributed by atoms with E-state index in [2.05, 4.69) is 4.74 Å². The van der Waals surface area contributed by atoms with Gasteiger partial charge in [0.2, 0.25) is 0 Å². The standard InChI is InChI=1S/C12H11F6NO2.ClH/c13-11(14,15)6-21-10(20)9(19)5-7-3-1-2-4-8(7)12(16,17)18;/h1-4,9H,5-6,19H2;1H/t9-;/m0./s1. The molecule has 0 aliphatic heterocycles. The third-order valence-corrected chi connectivity index (χ3v) is 2.44. The Hall–Kier alpha value is -1.48. The number of ether oxygens (including phenoxy) is 1. The van der Waals surface area contributed by atoms with E-state index in [1.807, 2.05) is 0 Å². The molecule has 0 radical (unpaired) electrons. The van der Waals surface area contributed by atoms with E-state index >= 15 is 0 Å². The van der Waals surface area contributed by atoms with Crippen LogP contribution in [0.25, 0.3) is 0 Å². The maximum atomic E-state index is 12.7. The van der Waals surface area contributed by atoms with Crippen molar-refractivity contribution in [3.63, 3.8) is 0 Å². The number of nitrogens with two attached hydrogens (primary N) is 1. The number of alkyl halides is 6. The van der Waals surface area contributed by atoms with Gasteiger partial charge in [-0.25, -0.2) is 0 Å². The summed E-state index contributed by atoms with van der Waals surface area (Å²) in [6.45, 7) is -1.83. The van der Waals surface area contributed by atoms with Gasteiger partial charge in [0.1, 0.15) is 6.04 Å². The summed E-state index contributed by atoms with van der Waals surface area (Å²) in [6.07, 6.45) is -9.95. The van der Waals surface area contributed by atoms with E-state index in [1.165, 1.54) is 6.07 Å². The van der Waals surface area contributed by atoms with Crippen LogP contribution >= 0.6 is 12.4 Å². The van der Waals surface area contributed by atoms with Crippen LogP contribution in [0.2, 0.25) is 0 Å². The van der Waals surface area contributed by atoms with Gasteiger partial charge in [0.25, 0.3) is 0 Å². The molecule has 0 spiro atoms. The van der Waals surface area contributed by atoms with Crippen LogP contribution in [-0.2, 0) is 22.1 Å². The van der Waals surface area contributed by atoms with Gasteiger partial charge in [-0.3, -0.25) is 4.79 Å². The lowest BCUT2D eigenvalue weighted by molar-refractivity contribution is -0.187. The largest absolute Gasteiger partial charge is 0.455 e. The molecule has 1 aromatic rings. The Labute approximate surface area is 127 Å². The number of halogens is 7. The lowest BCUT2D eigenvalue weighted by Crippen LogP contribution is -2.36. The van der Waals surface area contributed by atoms with Crippen molar-refractivity contribution in [3.05, 3.63) is 35.4 Å². The average Bonchev–Trinajstić information content (AvgIpc) is 2.34. The van der Waals surface area contributed by atoms with E-state index in [1.54, 1.807) is 0 Å². The highest BCUT2D eigenvalue weighted by atomic mass is 35.5. The van der Waals surface area contributed by atoms with E-state index < -0.39 is 43.0 Å². The molecule has 0 heterocycles. The molecule has 3 nitrogen and oxygen atoms in total. The maximum Gasteiger partial charge on any atom is 0.422 e. The SMILES string of the molecule is Cl.N[C@@H](Cc1ccccc1C(F)(F)F)C(=O)OCC(F)(F)F. The van der Waals surface area contributed by atoms with Crippen molar-refractivity contribution in [1.29, 1.82) is 0 Å². The molecule has 0 aliphatic rings. The smallest absolute Gasteiger partial charge is 0.422 e. The van der Waals surface area contributed by atoms with E-state index in [-0.39, 0.29) is 18.0 Å². The Morgan fingerprint density at radius 3 is 2.18 bits per heavy atom. The molecular formula is C12H12ClF6NO2. The zero-order valence-electron chi connectivity index (χ0n) is 10.9. The van der Waals surface area contributed by atoms with Crippen LogP contribution in [0.15, 0.2) is 24.3 Å². The summed E-state index contributed by atoms with van der Waals surface area (Å²) >= 11 is 0. The summed E-state index contributed by atoms with van der Waals surface area (Å²) in [4.78, 5) is 11.2. The normalized spacial score (nSPS) is 13.2. The minimum atomic E-state index is -4.72. The number of carbonyl (C=O) groups is 1. The highest BCUT2D eigenvalue weighted by Crippen LogP contribution is 2.32. The maximum absolute atomic E-state index is 12.7. The van der Waals surface area contributed by atoms with E-state index in [9.17, 15) is 31.1 Å². The van der Waals surface area contributed by atoms with Gasteiger partial charge in [-0.05, 0) is 18.1 Å². The van der Waals surface area contributed by atoms with Crippen LogP contribution in [0.5, 0.6) is 0 Å². The first-order valence-electron chi connectivity index (χ1n) is 5.65. The zero-order chi connectivity index (χ0) is 16.3. The summed E-state index contributed by atoms with van der Waals surface area (Å²) in [5.41, 5.74) is 3.99. The molecule has 0 aromatic heterocycles. The van der Waals surface area contributed by atoms with Crippen molar-refractivity contribution < 1.29 is 35.9 Å². The van der Waals surface area contributed by atoms with Crippen LogP contribution in [-0.4, -0.2) is 24.8 Å². The number of benzene rings is 1. The Morgan fingerprint density at radius 2 is 1.68 bits per heavy atom. The fraction of sp³-hybridized carbons (Fsp3) is 0.417. The third kappa shape index (κ3) is 6.52. The van der Waals surface area contributed by atoms with Gasteiger partial charge < -0.3 is 10.5 Å². The average molecular weight is 352 g/mol. The van der Waals surface area contributed by atoms with Crippen LogP contribution in [0.1, 0.15) is 11.1 Å². The molecule has 0 saturated heterocycles. The Kier molecular flexibility index (Phi) is 7.17. The van der Waals surface area contributed by atoms with Gasteiger partial charge in [0.05, 0.1) is 5.56 Å². The predicted octanol–water partition coefficient (Wildman–Crippen LogP) is 3.10. The Morgan fingerprint density at radius 1 is 1.14 bits per heavy atom. The summed E-state index contributed by atoms with van der Waals surface area (Å²) in [6, 6.07) is 2.73. The van der Waals surface area contributed by atoms with E-state index in [0.717, 1.165) is 18.2 Å². The van der Waals surface area contributed by atoms with Crippen molar-refractivity contribution in [2.24, 2.45) is 5.73 Å². The third-order valence-electron chi connectivity index (χ3n) is 2.44. The molecule has 1 rings (SSSR count). The fourth-order valence-electron chi connectivity index (χ4n) is 1.56. The molecule has 22 heavy (non-hydrogen) atoms. The molecule has 0 aliphatic carbocycles. The Balaban J connectivity index is 0.00000441. The topological polar surface area (TPSA) is 52.3 Å². The van der Waals surface area contributed by atoms with Crippen molar-refractivity contribution in [3.8, 4) is 0 Å². The summed E-state index contributed by atoms with van der Waals surface area (Å²) in [5, 5.41) is 0. The Bertz CT molecular complexity index is 503. The first-order valence-corrected chi connectivity index (χ1v) is 5.65. The summed E-state index contributed by atoms with van der Waals surface area (Å²) < 4.78 is 77.6. The lowest BCUT2D eigenvalue weighted by atomic mass is 10.0. The first kappa shape index (κ1) is 20.5. The molecule has 1 aromatic carbocycles. The van der Waals surface area contributed by atoms with Crippen molar-refractivity contribution >= 4 is 18.4 Å². The fourth-order valence-corrected chi connectivity index (χ4v) is 1.56. The molecule has 0 unspecified atom stereocenters. The number of esters is 1. The molecule has 10 heteroatoms. The molecule has 0 bridgehead atoms. The highest BCUT2D eigenvalue weighted by Gasteiger charge is 2.34. The second-order valence-corrected chi connectivity index (χ2v) is 4.19. The molecule has 1 atom stereocenters. The molecule has 0 fully saturated rings. The number of hydrogen-bond donors (Lipinski definition) is 1. The van der Waals surface area contributed by atoms with Gasteiger partial charge in [-0.2, -0.15) is 26.3 Å². The van der Waals surface area contributed by atoms with Crippen LogP contribution in [0.4, 0.5) is 26.3 Å². The van der Waals surface area contributed by atoms with Crippen LogP contribution < -0.4 is 5.73 Å². The summed E-state index contributed by atoms with van der Waals surface area (Å²) in [7, 11) is 0. The summed E-state index contributed by atoms with van der Waals surface area (Å²) in [5.74, 6) is -1.41. The number of rotatable bonds is 4. The van der Waals surface area contributed by atoms with E-state index in [4.69, 9.17) is 5.73 Å². The van der Waals surface area contributed by atoms with E-state index in [0.29, 0.717) is 0 Å². The molecule has 0 amide bonds. The zero-order valence-corrected chi connectivity index (χ0v) is 11.7. The van der Waals surface area contributed by atoms with Gasteiger partial charge in [0.15, 0.2) is 6.61 Å². The molecule has 0 saturated carbocycles. The molecular weight excluding hydrogens is 340 g/mol. The number of hydrogen-bond acceptors (Lipinski definition) is 3. The first-order chi connectivity index (χ1) is 9.50. The minimum Gasteiger partial charge on any atom is -0.455 e. The number of carbonyl (C=O) groups excluding carboxylic acids is 1. The highest BCUT2D eigenvalue weighted by molar-refractivity contribution is 5.85. The van der Waals surface area contributed by atoms with Crippen molar-refractivity contribution in [1.82, 2.24) is 0 Å².